The summed E-state index contributed by atoms with van der Waals surface area (Å²) < 4.78 is 32.3. The molecule has 0 aliphatic heterocycles. The van der Waals surface area contributed by atoms with Crippen molar-refractivity contribution < 1.29 is 17.6 Å². The highest BCUT2D eigenvalue weighted by Gasteiger charge is 2.14. The highest BCUT2D eigenvalue weighted by molar-refractivity contribution is 7.89. The lowest BCUT2D eigenvalue weighted by Gasteiger charge is -2.06. The summed E-state index contributed by atoms with van der Waals surface area (Å²) >= 11 is 0. The first-order valence-corrected chi connectivity index (χ1v) is 11.2. The lowest BCUT2D eigenvalue weighted by Crippen LogP contribution is -2.22. The van der Waals surface area contributed by atoms with Crippen LogP contribution in [0.15, 0.2) is 94.7 Å². The van der Waals surface area contributed by atoms with Gasteiger partial charge in [0.25, 0.3) is 0 Å². The normalized spacial score (nSPS) is 11.6. The number of amides is 1. The average molecular weight is 449 g/mol. The number of furan rings is 1. The van der Waals surface area contributed by atoms with Gasteiger partial charge in [-0.25, -0.2) is 18.1 Å². The molecule has 32 heavy (non-hydrogen) atoms. The van der Waals surface area contributed by atoms with Gasteiger partial charge in [-0.2, -0.15) is 0 Å². The minimum atomic E-state index is -3.67. The number of nitrogens with one attached hydrogen (secondary N) is 3. The molecule has 2 aromatic heterocycles. The number of aromatic nitrogens is 2. The minimum absolute atomic E-state index is 0.0691. The number of imidazole rings is 1. The van der Waals surface area contributed by atoms with E-state index in [1.807, 2.05) is 12.1 Å². The second kappa shape index (κ2) is 9.46. The van der Waals surface area contributed by atoms with E-state index in [9.17, 15) is 13.2 Å². The van der Waals surface area contributed by atoms with Crippen LogP contribution in [-0.2, 0) is 21.4 Å². The van der Waals surface area contributed by atoms with E-state index < -0.39 is 10.0 Å². The maximum absolute atomic E-state index is 12.4. The number of carbonyl (C=O) groups excluding carboxylic acids is 1. The molecule has 0 radical (unpaired) electrons. The summed E-state index contributed by atoms with van der Waals surface area (Å²) in [4.78, 5) is 19.5. The number of benzene rings is 2. The zero-order valence-corrected chi connectivity index (χ0v) is 17.7. The van der Waals surface area contributed by atoms with Crippen LogP contribution in [0.1, 0.15) is 11.3 Å². The monoisotopic (exact) mass is 448 g/mol. The molecule has 0 saturated heterocycles. The van der Waals surface area contributed by atoms with Gasteiger partial charge in [-0.3, -0.25) is 4.79 Å². The SMILES string of the molecule is O=C(C=Cc1ccc(S(=O)(=O)NCc2ccco2)cc1)Nc1ccc(-c2ncc[nH]2)cc1. The van der Waals surface area contributed by atoms with Crippen molar-refractivity contribution >= 4 is 27.7 Å². The third kappa shape index (κ3) is 5.39. The van der Waals surface area contributed by atoms with Crippen molar-refractivity contribution in [1.29, 1.82) is 0 Å². The molecule has 9 heteroatoms. The first-order valence-electron chi connectivity index (χ1n) is 9.71. The molecular formula is C23H20N4O4S. The second-order valence-corrected chi connectivity index (χ2v) is 8.58. The topological polar surface area (TPSA) is 117 Å². The van der Waals surface area contributed by atoms with E-state index >= 15 is 0 Å². The van der Waals surface area contributed by atoms with Crippen LogP contribution < -0.4 is 10.0 Å². The van der Waals surface area contributed by atoms with Crippen LogP contribution in [0.25, 0.3) is 17.5 Å². The molecule has 2 heterocycles. The van der Waals surface area contributed by atoms with Gasteiger partial charge in [-0.15, -0.1) is 0 Å². The molecule has 0 spiro atoms. The van der Waals surface area contributed by atoms with Gasteiger partial charge in [0.1, 0.15) is 11.6 Å². The number of hydrogen-bond acceptors (Lipinski definition) is 5. The van der Waals surface area contributed by atoms with Crippen molar-refractivity contribution in [1.82, 2.24) is 14.7 Å². The number of carbonyl (C=O) groups is 1. The molecule has 0 saturated carbocycles. The van der Waals surface area contributed by atoms with Crippen LogP contribution in [0.3, 0.4) is 0 Å². The number of anilines is 1. The highest BCUT2D eigenvalue weighted by atomic mass is 32.2. The Balaban J connectivity index is 1.33. The molecule has 8 nitrogen and oxygen atoms in total. The number of rotatable bonds is 8. The van der Waals surface area contributed by atoms with E-state index in [0.29, 0.717) is 17.0 Å². The van der Waals surface area contributed by atoms with Crippen molar-refractivity contribution in [2.75, 3.05) is 5.32 Å². The van der Waals surface area contributed by atoms with Gasteiger partial charge in [-0.1, -0.05) is 12.1 Å². The molecule has 4 rings (SSSR count). The van der Waals surface area contributed by atoms with Gasteiger partial charge >= 0.3 is 0 Å². The Kier molecular flexibility index (Phi) is 6.29. The molecule has 3 N–H and O–H groups in total. The van der Waals surface area contributed by atoms with Gasteiger partial charge in [0.2, 0.25) is 15.9 Å². The standard InChI is InChI=1S/C23H20N4O4S/c28-22(27-19-8-6-18(7-9-19)23-24-13-14-25-23)12-5-17-3-10-21(11-4-17)32(29,30)26-16-20-2-1-15-31-20/h1-15,26H,16H2,(H,24,25)(H,27,28). The third-order valence-electron chi connectivity index (χ3n) is 4.56. The van der Waals surface area contributed by atoms with E-state index in [4.69, 9.17) is 4.42 Å². The molecule has 0 aliphatic carbocycles. The predicted molar refractivity (Wildman–Crippen MR) is 121 cm³/mol. The maximum Gasteiger partial charge on any atom is 0.248 e. The smallest absolute Gasteiger partial charge is 0.248 e. The summed E-state index contributed by atoms with van der Waals surface area (Å²) in [5.74, 6) is 0.978. The Bertz CT molecular complexity index is 1290. The van der Waals surface area contributed by atoms with Gasteiger partial charge in [-0.05, 0) is 60.2 Å². The van der Waals surface area contributed by atoms with Crippen molar-refractivity contribution in [2.24, 2.45) is 0 Å². The molecule has 0 aliphatic rings. The van der Waals surface area contributed by atoms with Crippen LogP contribution in [0, 0.1) is 0 Å². The van der Waals surface area contributed by atoms with E-state index in [-0.39, 0.29) is 17.3 Å². The zero-order chi connectivity index (χ0) is 22.4. The molecular weight excluding hydrogens is 428 g/mol. The quantitative estimate of drug-likeness (QED) is 0.355. The lowest BCUT2D eigenvalue weighted by atomic mass is 10.2. The van der Waals surface area contributed by atoms with Gasteiger partial charge in [0.15, 0.2) is 0 Å². The second-order valence-electron chi connectivity index (χ2n) is 6.81. The van der Waals surface area contributed by atoms with Crippen molar-refractivity contribution in [2.45, 2.75) is 11.4 Å². The summed E-state index contributed by atoms with van der Waals surface area (Å²) in [6, 6.07) is 16.9. The predicted octanol–water partition coefficient (Wildman–Crippen LogP) is 3.80. The third-order valence-corrected chi connectivity index (χ3v) is 5.98. The van der Waals surface area contributed by atoms with Crippen LogP contribution in [0.5, 0.6) is 0 Å². The molecule has 1 amide bonds. The van der Waals surface area contributed by atoms with Crippen molar-refractivity contribution in [3.05, 3.63) is 96.7 Å². The maximum atomic E-state index is 12.4. The Morgan fingerprint density at radius 3 is 2.50 bits per heavy atom. The first-order chi connectivity index (χ1) is 15.5. The highest BCUT2D eigenvalue weighted by Crippen LogP contribution is 2.18. The number of aromatic amines is 1. The fraction of sp³-hybridized carbons (Fsp3) is 0.0435. The summed E-state index contributed by atoms with van der Waals surface area (Å²) in [6.07, 6.45) is 7.90. The molecule has 162 valence electrons. The molecule has 0 unspecified atom stereocenters. The van der Waals surface area contributed by atoms with Gasteiger partial charge < -0.3 is 14.7 Å². The largest absolute Gasteiger partial charge is 0.468 e. The number of nitrogens with zero attached hydrogens (tertiary/aromatic N) is 1. The minimum Gasteiger partial charge on any atom is -0.468 e. The lowest BCUT2D eigenvalue weighted by molar-refractivity contribution is -0.111. The number of H-pyrrole nitrogens is 1. The van der Waals surface area contributed by atoms with Crippen molar-refractivity contribution in [3.63, 3.8) is 0 Å². The number of sulfonamides is 1. The fourth-order valence-corrected chi connectivity index (χ4v) is 3.90. The summed E-state index contributed by atoms with van der Waals surface area (Å²) in [5.41, 5.74) is 2.26. The van der Waals surface area contributed by atoms with E-state index in [1.165, 1.54) is 24.5 Å². The summed E-state index contributed by atoms with van der Waals surface area (Å²) in [6.45, 7) is 0.0691. The Morgan fingerprint density at radius 1 is 1.06 bits per heavy atom. The number of hydrogen-bond donors (Lipinski definition) is 3. The van der Waals surface area contributed by atoms with E-state index in [2.05, 4.69) is 20.0 Å². The summed E-state index contributed by atoms with van der Waals surface area (Å²) in [7, 11) is -3.67. The van der Waals surface area contributed by atoms with Crippen molar-refractivity contribution in [3.8, 4) is 11.4 Å². The summed E-state index contributed by atoms with van der Waals surface area (Å²) in [5, 5.41) is 2.78. The van der Waals surface area contributed by atoms with Gasteiger partial charge in [0.05, 0.1) is 17.7 Å². The Morgan fingerprint density at radius 2 is 1.84 bits per heavy atom. The Labute approximate surface area is 185 Å². The Hall–Kier alpha value is -3.95. The van der Waals surface area contributed by atoms with Crippen LogP contribution >= 0.6 is 0 Å². The molecule has 0 bridgehead atoms. The van der Waals surface area contributed by atoms with E-state index in [1.54, 1.807) is 54.9 Å². The van der Waals surface area contributed by atoms with Crippen LogP contribution in [0.2, 0.25) is 0 Å². The molecule has 0 fully saturated rings. The average Bonchev–Trinajstić information content (AvgIpc) is 3.52. The molecule has 0 atom stereocenters. The fourth-order valence-electron chi connectivity index (χ4n) is 2.91. The van der Waals surface area contributed by atoms with Gasteiger partial charge in [0, 0.05) is 29.7 Å². The van der Waals surface area contributed by atoms with Crippen LogP contribution in [0.4, 0.5) is 5.69 Å². The zero-order valence-electron chi connectivity index (χ0n) is 16.9. The van der Waals surface area contributed by atoms with E-state index in [0.717, 1.165) is 11.4 Å². The van der Waals surface area contributed by atoms with Crippen LogP contribution in [-0.4, -0.2) is 24.3 Å². The molecule has 2 aromatic carbocycles. The molecule has 4 aromatic rings. The first kappa shape index (κ1) is 21.3.